The summed E-state index contributed by atoms with van der Waals surface area (Å²) >= 11 is 5.50. The van der Waals surface area contributed by atoms with E-state index in [0.717, 1.165) is 18.5 Å². The van der Waals surface area contributed by atoms with Crippen LogP contribution < -0.4 is 0 Å². The molecule has 7 heteroatoms. The van der Waals surface area contributed by atoms with E-state index < -0.39 is 5.97 Å². The minimum Gasteiger partial charge on any atom is -0.458 e. The van der Waals surface area contributed by atoms with Crippen LogP contribution in [0.25, 0.3) is 16.9 Å². The SMILES string of the molecule is Cc1nn(-c2ccccn2)c2nc(C3CC3)cc(C(=O)OCC=CCl)c12. The number of esters is 1. The summed E-state index contributed by atoms with van der Waals surface area (Å²) in [6, 6.07) is 7.44. The lowest BCUT2D eigenvalue weighted by atomic mass is 10.1. The van der Waals surface area contributed by atoms with Gasteiger partial charge in [0, 0.05) is 23.3 Å². The molecule has 0 amide bonds. The molecule has 132 valence electrons. The largest absolute Gasteiger partial charge is 0.458 e. The third-order valence-corrected chi connectivity index (χ3v) is 4.49. The van der Waals surface area contributed by atoms with Crippen molar-refractivity contribution < 1.29 is 9.53 Å². The zero-order valence-corrected chi connectivity index (χ0v) is 15.0. The average Bonchev–Trinajstić information content (AvgIpc) is 3.46. The minimum atomic E-state index is -0.405. The first-order chi connectivity index (χ1) is 12.7. The fourth-order valence-corrected chi connectivity index (χ4v) is 3.01. The van der Waals surface area contributed by atoms with Crippen LogP contribution in [0.4, 0.5) is 0 Å². The lowest BCUT2D eigenvalue weighted by molar-refractivity contribution is 0.0551. The van der Waals surface area contributed by atoms with Crippen molar-refractivity contribution in [1.82, 2.24) is 19.7 Å². The number of fused-ring (bicyclic) bond motifs is 1. The molecule has 1 aliphatic carbocycles. The van der Waals surface area contributed by atoms with E-state index in [1.165, 1.54) is 5.54 Å². The highest BCUT2D eigenvalue weighted by Gasteiger charge is 2.29. The Morgan fingerprint density at radius 1 is 1.42 bits per heavy atom. The zero-order chi connectivity index (χ0) is 18.1. The second-order valence-corrected chi connectivity index (χ2v) is 6.46. The number of carbonyl (C=O) groups excluding carboxylic acids is 1. The first-order valence-corrected chi connectivity index (χ1v) is 8.86. The van der Waals surface area contributed by atoms with E-state index in [1.54, 1.807) is 17.0 Å². The van der Waals surface area contributed by atoms with Crippen molar-refractivity contribution in [2.75, 3.05) is 6.61 Å². The quantitative estimate of drug-likeness (QED) is 0.638. The van der Waals surface area contributed by atoms with Crippen molar-refractivity contribution in [2.24, 2.45) is 0 Å². The molecule has 1 aliphatic rings. The Kier molecular flexibility index (Phi) is 4.42. The Morgan fingerprint density at radius 3 is 2.96 bits per heavy atom. The van der Waals surface area contributed by atoms with Crippen LogP contribution in [0.3, 0.4) is 0 Å². The van der Waals surface area contributed by atoms with Gasteiger partial charge in [-0.2, -0.15) is 9.78 Å². The molecule has 4 rings (SSSR count). The Hall–Kier alpha value is -2.73. The number of aromatic nitrogens is 4. The summed E-state index contributed by atoms with van der Waals surface area (Å²) in [5.74, 6) is 0.647. The number of nitrogens with zero attached hydrogens (tertiary/aromatic N) is 4. The van der Waals surface area contributed by atoms with Gasteiger partial charge in [0.1, 0.15) is 6.61 Å². The average molecular weight is 369 g/mol. The molecule has 1 saturated carbocycles. The van der Waals surface area contributed by atoms with Gasteiger partial charge in [-0.15, -0.1) is 0 Å². The molecule has 0 atom stereocenters. The van der Waals surface area contributed by atoms with Crippen molar-refractivity contribution in [2.45, 2.75) is 25.7 Å². The van der Waals surface area contributed by atoms with Crippen LogP contribution in [0.2, 0.25) is 0 Å². The van der Waals surface area contributed by atoms with E-state index in [1.807, 2.05) is 31.2 Å². The van der Waals surface area contributed by atoms with Crippen LogP contribution in [-0.4, -0.2) is 32.3 Å². The predicted octanol–water partition coefficient (Wildman–Crippen LogP) is 3.91. The summed E-state index contributed by atoms with van der Waals surface area (Å²) in [4.78, 5) is 21.8. The maximum Gasteiger partial charge on any atom is 0.339 e. The molecule has 0 aromatic carbocycles. The third kappa shape index (κ3) is 3.08. The van der Waals surface area contributed by atoms with Crippen LogP contribution in [0, 0.1) is 6.92 Å². The summed E-state index contributed by atoms with van der Waals surface area (Å²) in [5.41, 5.74) is 4.05. The van der Waals surface area contributed by atoms with Crippen molar-refractivity contribution >= 4 is 28.6 Å². The maximum atomic E-state index is 12.6. The summed E-state index contributed by atoms with van der Waals surface area (Å²) < 4.78 is 7.00. The number of hydrogen-bond donors (Lipinski definition) is 0. The second kappa shape index (κ2) is 6.88. The van der Waals surface area contributed by atoms with Crippen LogP contribution in [0.1, 0.15) is 40.5 Å². The third-order valence-electron chi connectivity index (χ3n) is 4.31. The Balaban J connectivity index is 1.88. The smallest absolute Gasteiger partial charge is 0.339 e. The van der Waals surface area contributed by atoms with Gasteiger partial charge in [0.25, 0.3) is 0 Å². The van der Waals surface area contributed by atoms with Crippen molar-refractivity contribution in [3.63, 3.8) is 0 Å². The van der Waals surface area contributed by atoms with Crippen molar-refractivity contribution in [3.8, 4) is 5.82 Å². The summed E-state index contributed by atoms with van der Waals surface area (Å²) in [7, 11) is 0. The van der Waals surface area contributed by atoms with Gasteiger partial charge in [-0.25, -0.2) is 14.8 Å². The summed E-state index contributed by atoms with van der Waals surface area (Å²) in [6.45, 7) is 1.98. The molecular weight excluding hydrogens is 352 g/mol. The van der Waals surface area contributed by atoms with Crippen LogP contribution in [-0.2, 0) is 4.74 Å². The molecule has 0 radical (unpaired) electrons. The minimum absolute atomic E-state index is 0.123. The predicted molar refractivity (Wildman–Crippen MR) is 98.6 cm³/mol. The van der Waals surface area contributed by atoms with E-state index >= 15 is 0 Å². The zero-order valence-electron chi connectivity index (χ0n) is 14.2. The highest BCUT2D eigenvalue weighted by molar-refractivity contribution is 6.25. The highest BCUT2D eigenvalue weighted by Crippen LogP contribution is 2.40. The lowest BCUT2D eigenvalue weighted by Crippen LogP contribution is -2.08. The number of ether oxygens (including phenoxy) is 1. The first-order valence-electron chi connectivity index (χ1n) is 8.43. The number of hydrogen-bond acceptors (Lipinski definition) is 5. The van der Waals surface area contributed by atoms with E-state index in [9.17, 15) is 4.79 Å². The maximum absolute atomic E-state index is 12.6. The van der Waals surface area contributed by atoms with Gasteiger partial charge in [0.05, 0.1) is 16.6 Å². The molecule has 3 aromatic rings. The number of aryl methyl sites for hydroxylation is 1. The van der Waals surface area contributed by atoms with Gasteiger partial charge in [0.2, 0.25) is 0 Å². The topological polar surface area (TPSA) is 69.9 Å². The van der Waals surface area contributed by atoms with Crippen LogP contribution in [0.15, 0.2) is 42.1 Å². The number of carbonyl (C=O) groups is 1. The monoisotopic (exact) mass is 368 g/mol. The van der Waals surface area contributed by atoms with Crippen LogP contribution in [0.5, 0.6) is 0 Å². The Morgan fingerprint density at radius 2 is 2.27 bits per heavy atom. The van der Waals surface area contributed by atoms with Gasteiger partial charge < -0.3 is 4.74 Å². The summed E-state index contributed by atoms with van der Waals surface area (Å²) in [5, 5.41) is 5.26. The highest BCUT2D eigenvalue weighted by atomic mass is 35.5. The van der Waals surface area contributed by atoms with Crippen molar-refractivity contribution in [1.29, 1.82) is 0 Å². The second-order valence-electron chi connectivity index (χ2n) is 6.21. The molecule has 1 fully saturated rings. The Labute approximate surface area is 155 Å². The van der Waals surface area contributed by atoms with E-state index in [-0.39, 0.29) is 6.61 Å². The molecule has 0 unspecified atom stereocenters. The molecule has 0 aliphatic heterocycles. The molecule has 0 saturated heterocycles. The van der Waals surface area contributed by atoms with E-state index in [2.05, 4.69) is 10.1 Å². The number of pyridine rings is 2. The molecule has 3 heterocycles. The molecule has 6 nitrogen and oxygen atoms in total. The first kappa shape index (κ1) is 16.7. The normalized spacial score (nSPS) is 14.2. The van der Waals surface area contributed by atoms with Gasteiger partial charge in [-0.1, -0.05) is 17.7 Å². The molecule has 3 aromatic heterocycles. The summed E-state index contributed by atoms with van der Waals surface area (Å²) in [6.07, 6.45) is 5.44. The molecule has 0 spiro atoms. The Bertz CT molecular complexity index is 994. The standard InChI is InChI=1S/C19H17ClN4O2/c1-12-17-14(19(25)26-10-4-8-20)11-15(13-6-7-13)22-18(17)24(23-12)16-5-2-3-9-21-16/h2-5,8-9,11,13H,6-7,10H2,1H3. The molecule has 0 bridgehead atoms. The number of halogens is 1. The van der Waals surface area contributed by atoms with Gasteiger partial charge in [-0.05, 0) is 44.0 Å². The lowest BCUT2D eigenvalue weighted by Gasteiger charge is -2.08. The number of rotatable bonds is 5. The van der Waals surface area contributed by atoms with Gasteiger partial charge in [-0.3, -0.25) is 0 Å². The van der Waals surface area contributed by atoms with E-state index in [0.29, 0.717) is 34.0 Å². The van der Waals surface area contributed by atoms with Crippen LogP contribution >= 0.6 is 11.6 Å². The van der Waals surface area contributed by atoms with E-state index in [4.69, 9.17) is 21.3 Å². The van der Waals surface area contributed by atoms with Crippen molar-refractivity contribution in [3.05, 3.63) is 59.0 Å². The fourth-order valence-electron chi connectivity index (χ4n) is 2.93. The molecule has 0 N–H and O–H groups in total. The van der Waals surface area contributed by atoms with Gasteiger partial charge in [0.15, 0.2) is 11.5 Å². The molecule has 26 heavy (non-hydrogen) atoms. The fraction of sp³-hybridized carbons (Fsp3) is 0.263. The van der Waals surface area contributed by atoms with Gasteiger partial charge >= 0.3 is 5.97 Å². The molecular formula is C19H17ClN4O2.